The molecular weight excluding hydrogens is 420 g/mol. The Morgan fingerprint density at radius 2 is 1.36 bits per heavy atom. The zero-order chi connectivity index (χ0) is 25.3. The molecule has 0 bridgehead atoms. The molecule has 1 aromatic rings. The smallest absolute Gasteiger partial charge is 0.410 e. The summed E-state index contributed by atoms with van der Waals surface area (Å²) < 4.78 is 11.0. The van der Waals surface area contributed by atoms with E-state index in [9.17, 15) is 14.4 Å². The van der Waals surface area contributed by atoms with Crippen LogP contribution in [0.2, 0.25) is 0 Å². The van der Waals surface area contributed by atoms with Crippen LogP contribution < -0.4 is 0 Å². The van der Waals surface area contributed by atoms with Crippen molar-refractivity contribution in [2.75, 3.05) is 14.1 Å². The average molecular weight is 463 g/mol. The van der Waals surface area contributed by atoms with Gasteiger partial charge in [0.05, 0.1) is 0 Å². The van der Waals surface area contributed by atoms with E-state index in [0.717, 1.165) is 5.56 Å². The van der Waals surface area contributed by atoms with Crippen LogP contribution in [0.15, 0.2) is 30.3 Å². The topological polar surface area (TPSA) is 76.2 Å². The minimum Gasteiger partial charge on any atom is -0.459 e. The zero-order valence-corrected chi connectivity index (χ0v) is 21.8. The van der Waals surface area contributed by atoms with Gasteiger partial charge in [0.1, 0.15) is 24.3 Å². The Bertz CT molecular complexity index is 771. The van der Waals surface area contributed by atoms with Crippen molar-refractivity contribution >= 4 is 18.0 Å². The minimum atomic E-state index is -0.749. The molecule has 1 aromatic carbocycles. The van der Waals surface area contributed by atoms with Gasteiger partial charge in [0.2, 0.25) is 5.91 Å². The van der Waals surface area contributed by atoms with Gasteiger partial charge in [0.15, 0.2) is 0 Å². The van der Waals surface area contributed by atoms with Gasteiger partial charge in [-0.25, -0.2) is 9.59 Å². The predicted molar refractivity (Wildman–Crippen MR) is 129 cm³/mol. The number of ether oxygens (including phenoxy) is 2. The molecule has 7 heteroatoms. The van der Waals surface area contributed by atoms with E-state index in [1.807, 2.05) is 58.0 Å². The Balaban J connectivity index is 3.07. The first-order valence-corrected chi connectivity index (χ1v) is 11.7. The van der Waals surface area contributed by atoms with Gasteiger partial charge >= 0.3 is 12.1 Å². The first-order valence-electron chi connectivity index (χ1n) is 11.7. The van der Waals surface area contributed by atoms with Gasteiger partial charge in [-0.2, -0.15) is 0 Å². The highest BCUT2D eigenvalue weighted by molar-refractivity contribution is 5.89. The van der Waals surface area contributed by atoms with Gasteiger partial charge in [-0.3, -0.25) is 9.69 Å². The van der Waals surface area contributed by atoms with Crippen LogP contribution in [0.3, 0.4) is 0 Å². The molecule has 0 saturated heterocycles. The molecule has 2 atom stereocenters. The number of rotatable bonds is 10. The number of likely N-dealkylation sites (N-methyl/N-ethyl adjacent to an activating group) is 2. The molecule has 186 valence electrons. The van der Waals surface area contributed by atoms with E-state index >= 15 is 0 Å². The first-order chi connectivity index (χ1) is 15.2. The SMILES string of the molecule is CC(C)CC(C(=O)N(C)[C@@H](CC(C)C)C(=O)OCc1ccccc1)N(C)C(=O)OC(C)(C)C. The van der Waals surface area contributed by atoms with Crippen LogP contribution in [0.4, 0.5) is 4.79 Å². The summed E-state index contributed by atoms with van der Waals surface area (Å²) >= 11 is 0. The van der Waals surface area contributed by atoms with Crippen molar-refractivity contribution in [1.82, 2.24) is 9.80 Å². The second-order valence-corrected chi connectivity index (χ2v) is 10.4. The quantitative estimate of drug-likeness (QED) is 0.463. The first kappa shape index (κ1) is 28.5. The summed E-state index contributed by atoms with van der Waals surface area (Å²) in [4.78, 5) is 42.0. The van der Waals surface area contributed by atoms with Gasteiger partial charge in [-0.05, 0) is 51.0 Å². The van der Waals surface area contributed by atoms with E-state index in [-0.39, 0.29) is 24.3 Å². The molecule has 0 N–H and O–H groups in total. The molecule has 7 nitrogen and oxygen atoms in total. The molecule has 0 saturated carbocycles. The van der Waals surface area contributed by atoms with Crippen molar-refractivity contribution in [2.45, 2.75) is 85.6 Å². The lowest BCUT2D eigenvalue weighted by molar-refractivity contribution is -0.157. The fourth-order valence-electron chi connectivity index (χ4n) is 3.40. The lowest BCUT2D eigenvalue weighted by Crippen LogP contribution is -2.54. The highest BCUT2D eigenvalue weighted by Crippen LogP contribution is 2.20. The van der Waals surface area contributed by atoms with Gasteiger partial charge < -0.3 is 14.4 Å². The monoisotopic (exact) mass is 462 g/mol. The molecule has 0 aliphatic heterocycles. The molecule has 0 aromatic heterocycles. The summed E-state index contributed by atoms with van der Waals surface area (Å²) in [5.74, 6) is -0.432. The van der Waals surface area contributed by atoms with E-state index in [1.165, 1.54) is 9.80 Å². The van der Waals surface area contributed by atoms with E-state index < -0.39 is 29.7 Å². The van der Waals surface area contributed by atoms with Crippen molar-refractivity contribution < 1.29 is 23.9 Å². The van der Waals surface area contributed by atoms with Crippen molar-refractivity contribution in [2.24, 2.45) is 11.8 Å². The fourth-order valence-corrected chi connectivity index (χ4v) is 3.40. The number of esters is 1. The largest absolute Gasteiger partial charge is 0.459 e. The number of carbonyl (C=O) groups is 3. The molecule has 0 radical (unpaired) electrons. The maximum atomic E-state index is 13.6. The third kappa shape index (κ3) is 9.84. The van der Waals surface area contributed by atoms with E-state index in [4.69, 9.17) is 9.47 Å². The predicted octanol–water partition coefficient (Wildman–Crippen LogP) is 4.88. The Kier molecular flexibility index (Phi) is 10.9. The molecule has 1 rings (SSSR count). The Morgan fingerprint density at radius 1 is 0.848 bits per heavy atom. The van der Waals surface area contributed by atoms with E-state index in [0.29, 0.717) is 12.8 Å². The van der Waals surface area contributed by atoms with Crippen LogP contribution >= 0.6 is 0 Å². The van der Waals surface area contributed by atoms with Crippen LogP contribution in [0.5, 0.6) is 0 Å². The van der Waals surface area contributed by atoms with E-state index in [1.54, 1.807) is 34.9 Å². The lowest BCUT2D eigenvalue weighted by atomic mass is 9.98. The van der Waals surface area contributed by atoms with Gasteiger partial charge in [-0.15, -0.1) is 0 Å². The fraction of sp³-hybridized carbons (Fsp3) is 0.654. The maximum Gasteiger partial charge on any atom is 0.410 e. The Hall–Kier alpha value is -2.57. The van der Waals surface area contributed by atoms with Crippen LogP contribution in [0.25, 0.3) is 0 Å². The number of benzene rings is 1. The van der Waals surface area contributed by atoms with Gasteiger partial charge in [-0.1, -0.05) is 58.0 Å². The molecule has 0 fully saturated rings. The van der Waals surface area contributed by atoms with Crippen molar-refractivity contribution in [3.63, 3.8) is 0 Å². The Labute approximate surface area is 199 Å². The maximum absolute atomic E-state index is 13.6. The third-order valence-corrected chi connectivity index (χ3v) is 5.13. The zero-order valence-electron chi connectivity index (χ0n) is 21.8. The number of amides is 2. The molecule has 2 amide bonds. The second kappa shape index (κ2) is 12.6. The van der Waals surface area contributed by atoms with Crippen LogP contribution in [-0.4, -0.2) is 59.5 Å². The molecule has 1 unspecified atom stereocenters. The molecule has 0 aliphatic rings. The average Bonchev–Trinajstić information content (AvgIpc) is 2.71. The molecular formula is C26H42N2O5. The summed E-state index contributed by atoms with van der Waals surface area (Å²) in [6.07, 6.45) is 0.342. The van der Waals surface area contributed by atoms with Gasteiger partial charge in [0.25, 0.3) is 0 Å². The van der Waals surface area contributed by atoms with E-state index in [2.05, 4.69) is 0 Å². The number of hydrogen-bond acceptors (Lipinski definition) is 5. The van der Waals surface area contributed by atoms with Crippen LogP contribution in [0, 0.1) is 11.8 Å². The summed E-state index contributed by atoms with van der Waals surface area (Å²) in [6.45, 7) is 13.5. The van der Waals surface area contributed by atoms with Crippen molar-refractivity contribution in [1.29, 1.82) is 0 Å². The summed E-state index contributed by atoms with van der Waals surface area (Å²) in [6, 6.07) is 7.93. The summed E-state index contributed by atoms with van der Waals surface area (Å²) in [7, 11) is 3.17. The third-order valence-electron chi connectivity index (χ3n) is 5.13. The van der Waals surface area contributed by atoms with Crippen molar-refractivity contribution in [3.05, 3.63) is 35.9 Å². The standard InChI is InChI=1S/C26H42N2O5/c1-18(2)15-21(28(9)25(31)33-26(5,6)7)23(29)27(8)22(16-19(3)4)24(30)32-17-20-13-11-10-12-14-20/h10-14,18-19,21-22H,15-17H2,1-9H3/t21?,22-/m0/s1. The summed E-state index contributed by atoms with van der Waals surface area (Å²) in [5.41, 5.74) is 0.204. The minimum absolute atomic E-state index is 0.142. The molecule has 33 heavy (non-hydrogen) atoms. The highest BCUT2D eigenvalue weighted by atomic mass is 16.6. The normalized spacial score (nSPS) is 13.4. The number of hydrogen-bond donors (Lipinski definition) is 0. The van der Waals surface area contributed by atoms with Crippen LogP contribution in [0.1, 0.15) is 66.9 Å². The van der Waals surface area contributed by atoms with Gasteiger partial charge in [0, 0.05) is 14.1 Å². The summed E-state index contributed by atoms with van der Waals surface area (Å²) in [5, 5.41) is 0. The van der Waals surface area contributed by atoms with Crippen molar-refractivity contribution in [3.8, 4) is 0 Å². The number of carbonyl (C=O) groups excluding carboxylic acids is 3. The highest BCUT2D eigenvalue weighted by Gasteiger charge is 2.37. The lowest BCUT2D eigenvalue weighted by Gasteiger charge is -2.35. The second-order valence-electron chi connectivity index (χ2n) is 10.4. The molecule has 0 spiro atoms. The molecule has 0 aliphatic carbocycles. The van der Waals surface area contributed by atoms with Crippen LogP contribution in [-0.2, 0) is 25.7 Å². The Morgan fingerprint density at radius 3 is 1.85 bits per heavy atom. The molecule has 0 heterocycles. The number of nitrogens with zero attached hydrogens (tertiary/aromatic N) is 2.